The summed E-state index contributed by atoms with van der Waals surface area (Å²) < 4.78 is 0.117. The third-order valence-electron chi connectivity index (χ3n) is 3.59. The van der Waals surface area contributed by atoms with Crippen LogP contribution in [0.4, 0.5) is 11.4 Å². The van der Waals surface area contributed by atoms with Gasteiger partial charge in [0.2, 0.25) is 5.91 Å². The van der Waals surface area contributed by atoms with Crippen LogP contribution in [-0.2, 0) is 4.79 Å². The first-order valence-electron chi connectivity index (χ1n) is 7.64. The third-order valence-corrected chi connectivity index (χ3v) is 4.86. The Hall–Kier alpha value is -1.16. The van der Waals surface area contributed by atoms with Gasteiger partial charge in [-0.25, -0.2) is 0 Å². The van der Waals surface area contributed by atoms with Crippen LogP contribution in [0.5, 0.6) is 0 Å². The lowest BCUT2D eigenvalue weighted by atomic mass is 10.1. The van der Waals surface area contributed by atoms with Gasteiger partial charge in [-0.3, -0.25) is 4.79 Å². The molecule has 1 saturated heterocycles. The Bertz CT molecular complexity index is 502. The van der Waals surface area contributed by atoms with E-state index in [2.05, 4.69) is 50.0 Å². The zero-order valence-corrected chi connectivity index (χ0v) is 14.3. The highest BCUT2D eigenvalue weighted by Gasteiger charge is 2.15. The fourth-order valence-electron chi connectivity index (χ4n) is 2.43. The Kier molecular flexibility index (Phi) is 5.20. The van der Waals surface area contributed by atoms with E-state index < -0.39 is 0 Å². The van der Waals surface area contributed by atoms with Crippen LogP contribution in [0.2, 0.25) is 0 Å². The van der Waals surface area contributed by atoms with Gasteiger partial charge < -0.3 is 10.2 Å². The number of thioether (sulfide) groups is 1. The maximum absolute atomic E-state index is 12.0. The summed E-state index contributed by atoms with van der Waals surface area (Å²) in [6, 6.07) is 6.32. The van der Waals surface area contributed by atoms with E-state index in [1.54, 1.807) is 11.8 Å². The maximum atomic E-state index is 12.0. The Morgan fingerprint density at radius 3 is 2.52 bits per heavy atom. The molecule has 2 rings (SSSR count). The van der Waals surface area contributed by atoms with Crippen LogP contribution in [0.3, 0.4) is 0 Å². The molecule has 3 nitrogen and oxygen atoms in total. The zero-order valence-electron chi connectivity index (χ0n) is 13.5. The quantitative estimate of drug-likeness (QED) is 0.910. The molecule has 0 saturated carbocycles. The van der Waals surface area contributed by atoms with Crippen LogP contribution in [0, 0.1) is 6.92 Å². The molecule has 21 heavy (non-hydrogen) atoms. The van der Waals surface area contributed by atoms with Crippen molar-refractivity contribution in [2.24, 2.45) is 0 Å². The van der Waals surface area contributed by atoms with Gasteiger partial charge in [-0.15, -0.1) is 11.8 Å². The van der Waals surface area contributed by atoms with Gasteiger partial charge in [0, 0.05) is 29.2 Å². The fraction of sp³-hybridized carbons (Fsp3) is 0.588. The highest BCUT2D eigenvalue weighted by Crippen LogP contribution is 2.26. The highest BCUT2D eigenvalue weighted by molar-refractivity contribution is 8.01. The summed E-state index contributed by atoms with van der Waals surface area (Å²) in [5.41, 5.74) is 3.33. The minimum absolute atomic E-state index is 0.0759. The first-order valence-corrected chi connectivity index (χ1v) is 8.63. The van der Waals surface area contributed by atoms with Gasteiger partial charge in [0.1, 0.15) is 0 Å². The molecule has 0 unspecified atom stereocenters. The van der Waals surface area contributed by atoms with Crippen molar-refractivity contribution < 1.29 is 4.79 Å². The second-order valence-electron chi connectivity index (χ2n) is 6.64. The fourth-order valence-corrected chi connectivity index (χ4v) is 3.06. The highest BCUT2D eigenvalue weighted by atomic mass is 32.2. The minimum Gasteiger partial charge on any atom is -0.372 e. The largest absolute Gasteiger partial charge is 0.372 e. The van der Waals surface area contributed by atoms with Crippen LogP contribution in [0.1, 0.15) is 39.2 Å². The molecule has 1 aliphatic heterocycles. The Morgan fingerprint density at radius 1 is 1.29 bits per heavy atom. The number of aryl methyl sites for hydroxylation is 1. The van der Waals surface area contributed by atoms with Crippen molar-refractivity contribution in [3.63, 3.8) is 0 Å². The van der Waals surface area contributed by atoms with Gasteiger partial charge in [0.15, 0.2) is 0 Å². The van der Waals surface area contributed by atoms with Gasteiger partial charge in [0.05, 0.1) is 5.75 Å². The number of hydrogen-bond acceptors (Lipinski definition) is 3. The lowest BCUT2D eigenvalue weighted by molar-refractivity contribution is -0.113. The number of carbonyl (C=O) groups excluding carboxylic acids is 1. The summed E-state index contributed by atoms with van der Waals surface area (Å²) in [4.78, 5) is 14.4. The van der Waals surface area contributed by atoms with Crippen molar-refractivity contribution in [3.05, 3.63) is 23.8 Å². The molecule has 1 fully saturated rings. The molecule has 0 bridgehead atoms. The summed E-state index contributed by atoms with van der Waals surface area (Å²) in [5.74, 6) is 0.573. The average Bonchev–Trinajstić information content (AvgIpc) is 2.92. The Morgan fingerprint density at radius 2 is 1.95 bits per heavy atom. The Labute approximate surface area is 132 Å². The van der Waals surface area contributed by atoms with E-state index in [1.807, 2.05) is 6.07 Å². The topological polar surface area (TPSA) is 32.3 Å². The normalized spacial score (nSPS) is 15.3. The van der Waals surface area contributed by atoms with Gasteiger partial charge >= 0.3 is 0 Å². The first kappa shape index (κ1) is 16.2. The van der Waals surface area contributed by atoms with Crippen LogP contribution in [-0.4, -0.2) is 29.5 Å². The van der Waals surface area contributed by atoms with Crippen LogP contribution < -0.4 is 10.2 Å². The van der Waals surface area contributed by atoms with E-state index >= 15 is 0 Å². The summed E-state index contributed by atoms with van der Waals surface area (Å²) in [6.45, 7) is 10.7. The van der Waals surface area contributed by atoms with E-state index in [-0.39, 0.29) is 10.7 Å². The predicted octanol–water partition coefficient (Wildman–Crippen LogP) is 4.07. The molecule has 0 aliphatic carbocycles. The molecule has 4 heteroatoms. The van der Waals surface area contributed by atoms with Crippen molar-refractivity contribution in [2.75, 3.05) is 29.1 Å². The van der Waals surface area contributed by atoms with E-state index in [0.29, 0.717) is 5.75 Å². The lowest BCUT2D eigenvalue weighted by Crippen LogP contribution is -2.20. The molecule has 1 aromatic carbocycles. The number of rotatable bonds is 4. The van der Waals surface area contributed by atoms with Crippen LogP contribution in [0.25, 0.3) is 0 Å². The molecule has 0 radical (unpaired) electrons. The van der Waals surface area contributed by atoms with Crippen molar-refractivity contribution >= 4 is 29.0 Å². The molecule has 0 aromatic heterocycles. The van der Waals surface area contributed by atoms with Gasteiger partial charge in [0.25, 0.3) is 0 Å². The standard InChI is InChI=1S/C17H26N2OS/c1-13-11-14(19-9-5-6-10-19)7-8-15(13)18-16(20)12-21-17(2,3)4/h7-8,11H,5-6,9-10,12H2,1-4H3,(H,18,20). The summed E-state index contributed by atoms with van der Waals surface area (Å²) in [6.07, 6.45) is 2.56. The van der Waals surface area contributed by atoms with Crippen LogP contribution >= 0.6 is 11.8 Å². The molecule has 1 heterocycles. The summed E-state index contributed by atoms with van der Waals surface area (Å²) in [7, 11) is 0. The van der Waals surface area contributed by atoms with E-state index in [1.165, 1.54) is 18.5 Å². The number of hydrogen-bond donors (Lipinski definition) is 1. The smallest absolute Gasteiger partial charge is 0.234 e. The number of anilines is 2. The summed E-state index contributed by atoms with van der Waals surface area (Å²) in [5, 5.41) is 3.02. The second-order valence-corrected chi connectivity index (χ2v) is 8.44. The third kappa shape index (κ3) is 4.95. The first-order chi connectivity index (χ1) is 9.85. The molecule has 1 amide bonds. The van der Waals surface area contributed by atoms with E-state index in [4.69, 9.17) is 0 Å². The molecule has 1 N–H and O–H groups in total. The number of nitrogens with one attached hydrogen (secondary N) is 1. The maximum Gasteiger partial charge on any atom is 0.234 e. The zero-order chi connectivity index (χ0) is 15.5. The summed E-state index contributed by atoms with van der Waals surface area (Å²) >= 11 is 1.67. The molecule has 1 aliphatic rings. The average molecular weight is 306 g/mol. The SMILES string of the molecule is Cc1cc(N2CCCC2)ccc1NC(=O)CSC(C)(C)C. The number of carbonyl (C=O) groups is 1. The molecule has 0 atom stereocenters. The predicted molar refractivity (Wildman–Crippen MR) is 93.5 cm³/mol. The molecule has 1 aromatic rings. The Balaban J connectivity index is 1.96. The van der Waals surface area contributed by atoms with Crippen molar-refractivity contribution in [1.29, 1.82) is 0 Å². The minimum atomic E-state index is 0.0759. The molecular weight excluding hydrogens is 280 g/mol. The van der Waals surface area contributed by atoms with Crippen molar-refractivity contribution in [2.45, 2.75) is 45.3 Å². The number of benzene rings is 1. The monoisotopic (exact) mass is 306 g/mol. The molecular formula is C17H26N2OS. The van der Waals surface area contributed by atoms with E-state index in [9.17, 15) is 4.79 Å². The number of amides is 1. The lowest BCUT2D eigenvalue weighted by Gasteiger charge is -2.20. The van der Waals surface area contributed by atoms with Crippen molar-refractivity contribution in [3.8, 4) is 0 Å². The van der Waals surface area contributed by atoms with Gasteiger partial charge in [-0.05, 0) is 43.5 Å². The second kappa shape index (κ2) is 6.73. The van der Waals surface area contributed by atoms with Crippen molar-refractivity contribution in [1.82, 2.24) is 0 Å². The van der Waals surface area contributed by atoms with E-state index in [0.717, 1.165) is 24.3 Å². The van der Waals surface area contributed by atoms with Gasteiger partial charge in [-0.2, -0.15) is 0 Å². The van der Waals surface area contributed by atoms with Crippen LogP contribution in [0.15, 0.2) is 18.2 Å². The molecule has 116 valence electrons. The van der Waals surface area contributed by atoms with Gasteiger partial charge in [-0.1, -0.05) is 20.8 Å². The number of nitrogens with zero attached hydrogens (tertiary/aromatic N) is 1. The molecule has 0 spiro atoms.